The van der Waals surface area contributed by atoms with E-state index in [2.05, 4.69) is 39.5 Å². The Morgan fingerprint density at radius 3 is 2.77 bits per heavy atom. The van der Waals surface area contributed by atoms with Crippen LogP contribution in [0.15, 0.2) is 42.6 Å². The Morgan fingerprint density at radius 1 is 1.13 bits per heavy atom. The highest BCUT2D eigenvalue weighted by atomic mass is 15.2. The number of hydrogen-bond acceptors (Lipinski definition) is 4. The van der Waals surface area contributed by atoms with E-state index < -0.39 is 0 Å². The molecule has 31 heavy (non-hydrogen) atoms. The molecule has 5 N–H and O–H groups in total. The number of fused-ring (bicyclic) bond motifs is 2. The van der Waals surface area contributed by atoms with E-state index in [0.717, 1.165) is 61.9 Å². The maximum absolute atomic E-state index is 7.54. The van der Waals surface area contributed by atoms with Gasteiger partial charge in [-0.05, 0) is 68.7 Å². The third-order valence-electron chi connectivity index (χ3n) is 6.86. The number of benzene rings is 1. The minimum atomic E-state index is 0.0768. The number of hydrogen-bond donors (Lipinski definition) is 4. The number of aromatic nitrogens is 3. The van der Waals surface area contributed by atoms with Gasteiger partial charge in [0.05, 0.1) is 29.3 Å². The van der Waals surface area contributed by atoms with E-state index in [0.29, 0.717) is 18.1 Å². The van der Waals surface area contributed by atoms with Crippen molar-refractivity contribution in [1.82, 2.24) is 25.2 Å². The van der Waals surface area contributed by atoms with Gasteiger partial charge in [-0.2, -0.15) is 0 Å². The molecule has 0 saturated heterocycles. The molecule has 1 saturated carbocycles. The first-order valence-corrected chi connectivity index (χ1v) is 11.4. The third kappa shape index (κ3) is 4.28. The van der Waals surface area contributed by atoms with Gasteiger partial charge in [0.2, 0.25) is 0 Å². The molecular weight excluding hydrogens is 386 g/mol. The summed E-state index contributed by atoms with van der Waals surface area (Å²) in [6.07, 6.45) is 9.62. The summed E-state index contributed by atoms with van der Waals surface area (Å²) in [6.45, 7) is 0.796. The lowest BCUT2D eigenvalue weighted by atomic mass is 9.85. The lowest BCUT2D eigenvalue weighted by molar-refractivity contribution is 0.0746. The van der Waals surface area contributed by atoms with Gasteiger partial charge in [0.1, 0.15) is 5.82 Å². The topological polar surface area (TPSA) is 107 Å². The summed E-state index contributed by atoms with van der Waals surface area (Å²) < 4.78 is 0. The van der Waals surface area contributed by atoms with E-state index in [4.69, 9.17) is 21.1 Å². The summed E-state index contributed by atoms with van der Waals surface area (Å²) in [6, 6.07) is 13.6. The summed E-state index contributed by atoms with van der Waals surface area (Å²) in [5.74, 6) is 1.10. The number of aryl methyl sites for hydroxylation is 1. The molecule has 1 aromatic carbocycles. The largest absolute Gasteiger partial charge is 0.370 e. The van der Waals surface area contributed by atoms with Crippen LogP contribution in [0.4, 0.5) is 0 Å². The second kappa shape index (κ2) is 8.67. The zero-order valence-corrected chi connectivity index (χ0v) is 17.8. The average molecular weight is 418 g/mol. The first-order valence-electron chi connectivity index (χ1n) is 11.4. The Balaban J connectivity index is 1.42. The van der Waals surface area contributed by atoms with Crippen molar-refractivity contribution in [2.24, 2.45) is 5.73 Å². The Bertz CT molecular complexity index is 1020. The summed E-state index contributed by atoms with van der Waals surface area (Å²) in [5, 5.41) is 10.7. The number of nitrogens with two attached hydrogens (primary N) is 1. The predicted octanol–water partition coefficient (Wildman–Crippen LogP) is 3.63. The number of nitrogens with zero attached hydrogens (tertiary/aromatic N) is 3. The van der Waals surface area contributed by atoms with E-state index in [-0.39, 0.29) is 5.96 Å². The molecule has 1 atom stereocenters. The number of guanidine groups is 1. The van der Waals surface area contributed by atoms with Crippen LogP contribution in [-0.4, -0.2) is 37.9 Å². The molecule has 1 unspecified atom stereocenters. The van der Waals surface area contributed by atoms with Gasteiger partial charge in [-0.15, -0.1) is 0 Å². The summed E-state index contributed by atoms with van der Waals surface area (Å²) in [4.78, 5) is 15.9. The molecule has 0 radical (unpaired) electrons. The van der Waals surface area contributed by atoms with Crippen LogP contribution >= 0.6 is 0 Å². The van der Waals surface area contributed by atoms with Gasteiger partial charge >= 0.3 is 0 Å². The zero-order valence-electron chi connectivity index (χ0n) is 17.8. The van der Waals surface area contributed by atoms with Crippen molar-refractivity contribution < 1.29 is 0 Å². The quantitative estimate of drug-likeness (QED) is 0.375. The van der Waals surface area contributed by atoms with Crippen molar-refractivity contribution in [3.8, 4) is 0 Å². The van der Waals surface area contributed by atoms with Gasteiger partial charge < -0.3 is 16.0 Å². The molecule has 2 aromatic heterocycles. The lowest BCUT2D eigenvalue weighted by Gasteiger charge is -2.42. The van der Waals surface area contributed by atoms with Gasteiger partial charge in [-0.25, -0.2) is 4.98 Å². The van der Waals surface area contributed by atoms with Crippen LogP contribution < -0.4 is 11.1 Å². The number of nitrogens with one attached hydrogen (secondary N) is 3. The number of pyridine rings is 1. The van der Waals surface area contributed by atoms with E-state index in [1.165, 1.54) is 17.7 Å². The SMILES string of the molecule is N=C(N)N[C@H]1CC[C@H](N(Cc2nc3ccccc3[nH]2)C2CCCc3cccnc32)CC1. The van der Waals surface area contributed by atoms with Crippen LogP contribution in [0.5, 0.6) is 0 Å². The molecular formula is C24H31N7. The average Bonchev–Trinajstić information content (AvgIpc) is 3.20. The van der Waals surface area contributed by atoms with Crippen molar-refractivity contribution >= 4 is 17.0 Å². The first-order chi connectivity index (χ1) is 15.2. The second-order valence-electron chi connectivity index (χ2n) is 8.89. The summed E-state index contributed by atoms with van der Waals surface area (Å²) >= 11 is 0. The van der Waals surface area contributed by atoms with Crippen molar-refractivity contribution in [2.45, 2.75) is 69.6 Å². The fraction of sp³-hybridized carbons (Fsp3) is 0.458. The molecule has 2 heterocycles. The number of imidazole rings is 1. The van der Waals surface area contributed by atoms with Crippen LogP contribution in [-0.2, 0) is 13.0 Å². The molecule has 0 aliphatic heterocycles. The van der Waals surface area contributed by atoms with Crippen molar-refractivity contribution in [3.05, 3.63) is 59.7 Å². The van der Waals surface area contributed by atoms with Crippen LogP contribution in [0, 0.1) is 5.41 Å². The van der Waals surface area contributed by atoms with Crippen molar-refractivity contribution in [3.63, 3.8) is 0 Å². The van der Waals surface area contributed by atoms with E-state index in [9.17, 15) is 0 Å². The van der Waals surface area contributed by atoms with Gasteiger partial charge in [-0.3, -0.25) is 15.3 Å². The Labute approximate surface area is 183 Å². The zero-order chi connectivity index (χ0) is 21.2. The molecule has 1 fully saturated rings. The van der Waals surface area contributed by atoms with Crippen LogP contribution in [0.1, 0.15) is 61.6 Å². The summed E-state index contributed by atoms with van der Waals surface area (Å²) in [7, 11) is 0. The number of aromatic amines is 1. The second-order valence-corrected chi connectivity index (χ2v) is 8.89. The van der Waals surface area contributed by atoms with Gasteiger partial charge in [0.25, 0.3) is 0 Å². The van der Waals surface area contributed by atoms with Gasteiger partial charge in [0, 0.05) is 18.3 Å². The smallest absolute Gasteiger partial charge is 0.185 e. The third-order valence-corrected chi connectivity index (χ3v) is 6.86. The number of H-pyrrole nitrogens is 1. The highest BCUT2D eigenvalue weighted by Gasteiger charge is 2.34. The van der Waals surface area contributed by atoms with Crippen molar-refractivity contribution in [2.75, 3.05) is 0 Å². The van der Waals surface area contributed by atoms with Gasteiger partial charge in [0.15, 0.2) is 5.96 Å². The van der Waals surface area contributed by atoms with Crippen molar-refractivity contribution in [1.29, 1.82) is 5.41 Å². The Kier molecular flexibility index (Phi) is 5.59. The molecule has 162 valence electrons. The number of rotatable bonds is 5. The van der Waals surface area contributed by atoms with E-state index in [1.54, 1.807) is 0 Å². The maximum atomic E-state index is 7.54. The van der Waals surface area contributed by atoms with Gasteiger partial charge in [-0.1, -0.05) is 18.2 Å². The molecule has 0 spiro atoms. The van der Waals surface area contributed by atoms with Crippen LogP contribution in [0.3, 0.4) is 0 Å². The Morgan fingerprint density at radius 2 is 1.97 bits per heavy atom. The fourth-order valence-corrected chi connectivity index (χ4v) is 5.43. The molecule has 0 bridgehead atoms. The van der Waals surface area contributed by atoms with Crippen LogP contribution in [0.2, 0.25) is 0 Å². The minimum Gasteiger partial charge on any atom is -0.370 e. The van der Waals surface area contributed by atoms with E-state index >= 15 is 0 Å². The minimum absolute atomic E-state index is 0.0768. The molecule has 2 aliphatic carbocycles. The highest BCUT2D eigenvalue weighted by molar-refractivity contribution is 5.75. The molecule has 0 amide bonds. The fourth-order valence-electron chi connectivity index (χ4n) is 5.43. The predicted molar refractivity (Wildman–Crippen MR) is 123 cm³/mol. The summed E-state index contributed by atoms with van der Waals surface area (Å²) in [5.41, 5.74) is 10.3. The first kappa shape index (κ1) is 20.0. The standard InChI is InChI=1S/C24H31N7/c25-24(26)28-17-10-12-18(13-11-17)31(15-22-29-19-7-1-2-8-20(19)30-22)21-9-3-5-16-6-4-14-27-23(16)21/h1-2,4,6-8,14,17-18,21H,3,5,9-13,15H2,(H,29,30)(H4,25,26,28)/t17-,18-,21?. The normalized spacial score (nSPS) is 23.6. The van der Waals surface area contributed by atoms with Crippen LogP contribution in [0.25, 0.3) is 11.0 Å². The van der Waals surface area contributed by atoms with E-state index in [1.807, 2.05) is 18.3 Å². The molecule has 3 aromatic rings. The lowest BCUT2D eigenvalue weighted by Crippen LogP contribution is -2.47. The molecule has 5 rings (SSSR count). The Hall–Kier alpha value is -2.93. The maximum Gasteiger partial charge on any atom is 0.185 e. The highest BCUT2D eigenvalue weighted by Crippen LogP contribution is 2.38. The molecule has 2 aliphatic rings. The monoisotopic (exact) mass is 417 g/mol. The molecule has 7 heteroatoms. The molecule has 7 nitrogen and oxygen atoms in total. The number of para-hydroxylation sites is 2.